The number of carbonyl (C=O) groups is 1. The summed E-state index contributed by atoms with van der Waals surface area (Å²) in [5, 5.41) is 0. The fourth-order valence-corrected chi connectivity index (χ4v) is 3.12. The van der Waals surface area contributed by atoms with Crippen LogP contribution in [0.2, 0.25) is 0 Å². The van der Waals surface area contributed by atoms with E-state index in [9.17, 15) is 31.1 Å². The number of ether oxygens (including phenoxy) is 1. The van der Waals surface area contributed by atoms with Crippen LogP contribution < -0.4 is 0 Å². The van der Waals surface area contributed by atoms with Crippen molar-refractivity contribution in [1.29, 1.82) is 0 Å². The third kappa shape index (κ3) is 4.94. The number of alkyl halides is 6. The van der Waals surface area contributed by atoms with Gasteiger partial charge in [-0.15, -0.1) is 0 Å². The number of hydrogen-bond donors (Lipinski definition) is 0. The molecule has 0 bridgehead atoms. The molecule has 2 heterocycles. The van der Waals surface area contributed by atoms with Crippen molar-refractivity contribution in [3.8, 4) is 0 Å². The van der Waals surface area contributed by atoms with E-state index in [1.807, 2.05) is 0 Å². The van der Waals surface area contributed by atoms with Gasteiger partial charge in [-0.2, -0.15) is 26.3 Å². The van der Waals surface area contributed by atoms with Crippen molar-refractivity contribution in [2.24, 2.45) is 5.92 Å². The van der Waals surface area contributed by atoms with Gasteiger partial charge in [0.1, 0.15) is 5.52 Å². The van der Waals surface area contributed by atoms with Crippen LogP contribution in [0.15, 0.2) is 28.7 Å². The van der Waals surface area contributed by atoms with Crippen molar-refractivity contribution in [1.82, 2.24) is 9.88 Å². The predicted octanol–water partition coefficient (Wildman–Crippen LogP) is 4.25. The van der Waals surface area contributed by atoms with E-state index in [-0.39, 0.29) is 37.0 Å². The molecule has 1 aromatic carbocycles. The molecule has 1 saturated heterocycles. The first-order valence-corrected chi connectivity index (χ1v) is 8.45. The van der Waals surface area contributed by atoms with E-state index in [2.05, 4.69) is 9.72 Å². The van der Waals surface area contributed by atoms with Crippen LogP contribution in [0.3, 0.4) is 0 Å². The van der Waals surface area contributed by atoms with Gasteiger partial charge in [0.05, 0.1) is 12.5 Å². The van der Waals surface area contributed by atoms with Crippen LogP contribution in [0.25, 0.3) is 11.1 Å². The summed E-state index contributed by atoms with van der Waals surface area (Å²) in [6.45, 7) is -1.45. The lowest BCUT2D eigenvalue weighted by Crippen LogP contribution is -2.44. The summed E-state index contributed by atoms with van der Waals surface area (Å²) in [6, 6.07) is 5.95. The molecule has 0 unspecified atom stereocenters. The fraction of sp³-hybridized carbons (Fsp3) is 0.529. The number of aromatic nitrogens is 1. The van der Waals surface area contributed by atoms with Crippen molar-refractivity contribution in [2.75, 3.05) is 19.6 Å². The first kappa shape index (κ1) is 20.4. The van der Waals surface area contributed by atoms with Crippen molar-refractivity contribution in [2.45, 2.75) is 31.3 Å². The van der Waals surface area contributed by atoms with Gasteiger partial charge >= 0.3 is 18.3 Å². The molecule has 0 saturated carbocycles. The number of para-hydroxylation sites is 2. The van der Waals surface area contributed by atoms with E-state index in [1.165, 1.54) is 12.1 Å². The highest BCUT2D eigenvalue weighted by Crippen LogP contribution is 2.38. The predicted molar refractivity (Wildman–Crippen MR) is 84.1 cm³/mol. The Kier molecular flexibility index (Phi) is 5.55. The number of esters is 1. The molecule has 1 aliphatic heterocycles. The van der Waals surface area contributed by atoms with Crippen molar-refractivity contribution >= 4 is 17.1 Å². The quantitative estimate of drug-likeness (QED) is 0.557. The number of piperidine rings is 1. The second-order valence-corrected chi connectivity index (χ2v) is 6.57. The lowest BCUT2D eigenvalue weighted by molar-refractivity contribution is -0.232. The van der Waals surface area contributed by atoms with Crippen molar-refractivity contribution < 1.29 is 40.3 Å². The van der Waals surface area contributed by atoms with Gasteiger partial charge in [0.25, 0.3) is 6.10 Å². The molecule has 3 rings (SSSR count). The van der Waals surface area contributed by atoms with E-state index >= 15 is 0 Å². The van der Waals surface area contributed by atoms with Crippen LogP contribution in [0.5, 0.6) is 0 Å². The molecule has 0 radical (unpaired) electrons. The highest BCUT2D eigenvalue weighted by atomic mass is 19.4. The van der Waals surface area contributed by atoms with Gasteiger partial charge in [0.15, 0.2) is 5.58 Å². The van der Waals surface area contributed by atoms with Gasteiger partial charge < -0.3 is 9.15 Å². The summed E-state index contributed by atoms with van der Waals surface area (Å²) in [4.78, 5) is 17.0. The normalized spacial score (nSPS) is 20.3. The Hall–Kier alpha value is -2.30. The molecule has 5 nitrogen and oxygen atoms in total. The molecule has 1 aromatic heterocycles. The number of benzene rings is 1. The Balaban J connectivity index is 1.75. The lowest BCUT2D eigenvalue weighted by Gasteiger charge is -2.32. The molecule has 0 spiro atoms. The van der Waals surface area contributed by atoms with Crippen molar-refractivity contribution in [3.63, 3.8) is 0 Å². The number of likely N-dealkylation sites (tertiary alicyclic amines) is 1. The molecule has 0 aliphatic carbocycles. The average molecular weight is 410 g/mol. The molecule has 11 heteroatoms. The molecule has 0 N–H and O–H groups in total. The first-order chi connectivity index (χ1) is 13.0. The minimum Gasteiger partial charge on any atom is -0.442 e. The lowest BCUT2D eigenvalue weighted by atomic mass is 9.98. The topological polar surface area (TPSA) is 55.6 Å². The van der Waals surface area contributed by atoms with Crippen LogP contribution >= 0.6 is 0 Å². The maximum absolute atomic E-state index is 13.4. The maximum Gasteiger partial charge on any atom is 0.434 e. The molecule has 28 heavy (non-hydrogen) atoms. The fourth-order valence-electron chi connectivity index (χ4n) is 3.12. The van der Waals surface area contributed by atoms with Crippen LogP contribution in [0.1, 0.15) is 24.8 Å². The smallest absolute Gasteiger partial charge is 0.434 e. The molecular weight excluding hydrogens is 394 g/mol. The Morgan fingerprint density at radius 1 is 1.25 bits per heavy atom. The van der Waals surface area contributed by atoms with Crippen LogP contribution in [-0.4, -0.2) is 47.8 Å². The molecule has 1 fully saturated rings. The monoisotopic (exact) mass is 410 g/mol. The number of fused-ring (bicyclic) bond motifs is 1. The third-order valence-corrected chi connectivity index (χ3v) is 4.31. The summed E-state index contributed by atoms with van der Waals surface area (Å²) in [5.41, 5.74) is 0.258. The molecule has 2 aromatic rings. The second kappa shape index (κ2) is 7.61. The zero-order chi connectivity index (χ0) is 20.5. The van der Waals surface area contributed by atoms with E-state index in [4.69, 9.17) is 4.42 Å². The number of rotatable bonds is 4. The van der Waals surface area contributed by atoms with Crippen LogP contribution in [0, 0.1) is 5.92 Å². The zero-order valence-corrected chi connectivity index (χ0v) is 14.4. The molecule has 2 atom stereocenters. The van der Waals surface area contributed by atoms with Gasteiger partial charge in [-0.05, 0) is 31.5 Å². The number of halogens is 6. The van der Waals surface area contributed by atoms with E-state index < -0.39 is 42.8 Å². The minimum atomic E-state index is -4.99. The summed E-state index contributed by atoms with van der Waals surface area (Å²) >= 11 is 0. The SMILES string of the molecule is O=C(O[C@H](c1nc2ccccc2o1)C(F)(F)F)[C@H]1CCCN(CC(F)(F)F)C1. The van der Waals surface area contributed by atoms with Gasteiger partial charge in [-0.3, -0.25) is 9.69 Å². The number of hydrogen-bond acceptors (Lipinski definition) is 5. The Labute approximate surface area is 155 Å². The molecule has 154 valence electrons. The molecule has 0 amide bonds. The Bertz CT molecular complexity index is 799. The zero-order valence-electron chi connectivity index (χ0n) is 14.4. The van der Waals surface area contributed by atoms with Gasteiger partial charge in [-0.25, -0.2) is 4.98 Å². The average Bonchev–Trinajstić information content (AvgIpc) is 3.00. The standard InChI is InChI=1S/C17H16F6N2O3/c18-16(19,20)9-25-7-3-4-10(8-25)15(26)28-13(17(21,22)23)14-24-11-5-1-2-6-12(11)27-14/h1-2,5-6,10,13H,3-4,7-9H2/t10-,13+/m0/s1. The van der Waals surface area contributed by atoms with Crippen molar-refractivity contribution in [3.05, 3.63) is 30.2 Å². The van der Waals surface area contributed by atoms with Gasteiger partial charge in [-0.1, -0.05) is 12.1 Å². The second-order valence-electron chi connectivity index (χ2n) is 6.57. The largest absolute Gasteiger partial charge is 0.442 e. The van der Waals surface area contributed by atoms with Gasteiger partial charge in [0.2, 0.25) is 5.89 Å². The minimum absolute atomic E-state index is 0.0943. The Morgan fingerprint density at radius 3 is 2.61 bits per heavy atom. The van der Waals surface area contributed by atoms with Crippen LogP contribution in [0.4, 0.5) is 26.3 Å². The summed E-state index contributed by atoms with van der Waals surface area (Å²) in [6.07, 6.45) is -11.8. The highest BCUT2D eigenvalue weighted by molar-refractivity contribution is 5.74. The summed E-state index contributed by atoms with van der Waals surface area (Å²) in [7, 11) is 0. The summed E-state index contributed by atoms with van der Waals surface area (Å²) < 4.78 is 87.5. The van der Waals surface area contributed by atoms with E-state index in [0.717, 1.165) is 4.90 Å². The number of carbonyl (C=O) groups excluding carboxylic acids is 1. The maximum atomic E-state index is 13.4. The summed E-state index contributed by atoms with van der Waals surface area (Å²) in [5.74, 6) is -3.15. The van der Waals surface area contributed by atoms with E-state index in [0.29, 0.717) is 0 Å². The highest BCUT2D eigenvalue weighted by Gasteiger charge is 2.48. The third-order valence-electron chi connectivity index (χ3n) is 4.31. The first-order valence-electron chi connectivity index (χ1n) is 8.45. The van der Waals surface area contributed by atoms with Crippen LogP contribution in [-0.2, 0) is 9.53 Å². The number of nitrogens with zero attached hydrogens (tertiary/aromatic N) is 2. The van der Waals surface area contributed by atoms with E-state index in [1.54, 1.807) is 12.1 Å². The van der Waals surface area contributed by atoms with Gasteiger partial charge in [0, 0.05) is 6.54 Å². The molecule has 1 aliphatic rings. The molecular formula is C17H16F6N2O3. The number of oxazole rings is 1. The Morgan fingerprint density at radius 2 is 1.96 bits per heavy atom.